The first kappa shape index (κ1) is 29.6. The summed E-state index contributed by atoms with van der Waals surface area (Å²) in [4.78, 5) is 5.35. The normalized spacial score (nSPS) is 12.3. The zero-order chi connectivity index (χ0) is 34.4. The molecule has 5 heteroatoms. The van der Waals surface area contributed by atoms with E-state index in [0.717, 1.165) is 60.6 Å². The van der Waals surface area contributed by atoms with Gasteiger partial charge in [-0.15, -0.1) is 0 Å². The maximum atomic E-state index is 6.83. The molecule has 0 saturated carbocycles. The molecule has 0 N–H and O–H groups in total. The highest BCUT2D eigenvalue weighted by Gasteiger charge is 2.26. The van der Waals surface area contributed by atoms with Gasteiger partial charge in [0.2, 0.25) is 0 Å². The maximum absolute atomic E-state index is 6.83. The molecule has 0 bridgehead atoms. The Morgan fingerprint density at radius 1 is 0.462 bits per heavy atom. The van der Waals surface area contributed by atoms with Gasteiger partial charge in [0, 0.05) is 27.6 Å². The fraction of sp³-hybridized carbons (Fsp3) is 0. The molecular formula is C47H29N2OPS. The minimum atomic E-state index is -2.38. The predicted octanol–water partition coefficient (Wildman–Crippen LogP) is 11.3. The van der Waals surface area contributed by atoms with E-state index < -0.39 is 6.04 Å². The summed E-state index contributed by atoms with van der Waals surface area (Å²) in [7, 11) is 0. The second-order valence-electron chi connectivity index (χ2n) is 13.5. The molecule has 0 aliphatic heterocycles. The molecule has 11 aromatic rings. The summed E-state index contributed by atoms with van der Waals surface area (Å²) in [5, 5.41) is 11.7. The summed E-state index contributed by atoms with van der Waals surface area (Å²) in [5.74, 6) is 0. The third-order valence-electron chi connectivity index (χ3n) is 10.6. The van der Waals surface area contributed by atoms with Crippen molar-refractivity contribution in [1.82, 2.24) is 9.38 Å². The van der Waals surface area contributed by atoms with Gasteiger partial charge in [-0.1, -0.05) is 145 Å². The van der Waals surface area contributed by atoms with Crippen LogP contribution in [0.2, 0.25) is 0 Å². The van der Waals surface area contributed by atoms with Crippen LogP contribution in [0.25, 0.3) is 82.2 Å². The number of pyridine rings is 1. The predicted molar refractivity (Wildman–Crippen MR) is 224 cm³/mol. The van der Waals surface area contributed by atoms with E-state index in [1.807, 2.05) is 12.1 Å². The van der Waals surface area contributed by atoms with Crippen molar-refractivity contribution in [2.75, 3.05) is 0 Å². The maximum Gasteiger partial charge on any atom is 0.147 e. The van der Waals surface area contributed by atoms with E-state index in [0.29, 0.717) is 0 Å². The van der Waals surface area contributed by atoms with Crippen molar-refractivity contribution in [3.63, 3.8) is 0 Å². The van der Waals surface area contributed by atoms with E-state index in [-0.39, 0.29) is 0 Å². The molecule has 52 heavy (non-hydrogen) atoms. The molecule has 0 aliphatic carbocycles. The number of fused-ring (bicyclic) bond motifs is 13. The second kappa shape index (κ2) is 11.2. The summed E-state index contributed by atoms with van der Waals surface area (Å²) in [6, 6.07) is 60.4. The van der Waals surface area contributed by atoms with Crippen molar-refractivity contribution < 1.29 is 4.42 Å². The molecule has 0 radical (unpaired) electrons. The van der Waals surface area contributed by atoms with E-state index in [1.54, 1.807) is 0 Å². The van der Waals surface area contributed by atoms with E-state index >= 15 is 0 Å². The number of nitrogens with zero attached hydrogens (tertiary/aromatic N) is 2. The molecule has 3 nitrogen and oxygen atoms in total. The molecule has 244 valence electrons. The van der Waals surface area contributed by atoms with Gasteiger partial charge in [-0.2, -0.15) is 0 Å². The average molecular weight is 701 g/mol. The molecule has 0 spiro atoms. The Kier molecular flexibility index (Phi) is 6.40. The van der Waals surface area contributed by atoms with Crippen LogP contribution >= 0.6 is 6.04 Å². The molecule has 0 amide bonds. The number of rotatable bonds is 4. The molecule has 11 rings (SSSR count). The smallest absolute Gasteiger partial charge is 0.147 e. The lowest BCUT2D eigenvalue weighted by Gasteiger charge is -2.25. The standard InChI is InChI=1S/C47H29N2OPS/c52-51(33-12-3-1-4-13-33,34-14-5-2-6-15-34)35-22-26-42-40(29-35)39-24-19-30-11-7-8-16-36(30)46(39)47-48-41-25-21-31(27-43(41)49(42)47)32-20-23-38-37-17-9-10-18-44(37)50-45(38)28-32/h1-29H. The minimum absolute atomic E-state index is 0.889. The topological polar surface area (TPSA) is 30.4 Å². The van der Waals surface area contributed by atoms with Crippen LogP contribution in [0, 0.1) is 0 Å². The summed E-state index contributed by atoms with van der Waals surface area (Å²) < 4.78 is 8.65. The number of imidazole rings is 1. The zero-order valence-electron chi connectivity index (χ0n) is 27.9. The number of aromatic nitrogens is 2. The number of benzene rings is 8. The van der Waals surface area contributed by atoms with Crippen LogP contribution in [0.3, 0.4) is 0 Å². The quantitative estimate of drug-likeness (QED) is 0.135. The van der Waals surface area contributed by atoms with Gasteiger partial charge >= 0.3 is 0 Å². The third-order valence-corrected chi connectivity index (χ3v) is 15.6. The highest BCUT2D eigenvalue weighted by atomic mass is 32.4. The fourth-order valence-electron chi connectivity index (χ4n) is 8.16. The summed E-state index contributed by atoms with van der Waals surface area (Å²) in [6.07, 6.45) is 0. The lowest BCUT2D eigenvalue weighted by molar-refractivity contribution is 0.669. The Hall–Kier alpha value is -6.06. The second-order valence-corrected chi connectivity index (χ2v) is 17.9. The molecule has 0 atom stereocenters. The number of para-hydroxylation sites is 1. The Balaban J connectivity index is 1.22. The van der Waals surface area contributed by atoms with Crippen LogP contribution in [0.1, 0.15) is 0 Å². The monoisotopic (exact) mass is 700 g/mol. The first-order valence-corrected chi connectivity index (χ1v) is 20.3. The van der Waals surface area contributed by atoms with Gasteiger partial charge in [-0.3, -0.25) is 4.40 Å². The molecule has 0 aliphatic rings. The summed E-state index contributed by atoms with van der Waals surface area (Å²) in [6.45, 7) is 0. The van der Waals surface area contributed by atoms with E-state index in [1.165, 1.54) is 37.5 Å². The van der Waals surface area contributed by atoms with E-state index in [2.05, 4.69) is 168 Å². The van der Waals surface area contributed by atoms with Gasteiger partial charge in [-0.05, 0) is 85.7 Å². The summed E-state index contributed by atoms with van der Waals surface area (Å²) >= 11 is 6.83. The largest absolute Gasteiger partial charge is 0.456 e. The van der Waals surface area contributed by atoms with Gasteiger partial charge in [0.1, 0.15) is 16.8 Å². The number of hydrogen-bond acceptors (Lipinski definition) is 3. The van der Waals surface area contributed by atoms with Crippen LogP contribution in [-0.2, 0) is 11.8 Å². The molecule has 8 aromatic carbocycles. The highest BCUT2D eigenvalue weighted by molar-refractivity contribution is 8.25. The van der Waals surface area contributed by atoms with Crippen molar-refractivity contribution >= 4 is 105 Å². The van der Waals surface area contributed by atoms with Gasteiger partial charge in [0.25, 0.3) is 0 Å². The van der Waals surface area contributed by atoms with E-state index in [9.17, 15) is 0 Å². The minimum Gasteiger partial charge on any atom is -0.456 e. The molecule has 0 saturated heterocycles. The molecule has 3 heterocycles. The highest BCUT2D eigenvalue weighted by Crippen LogP contribution is 2.45. The van der Waals surface area contributed by atoms with Crippen LogP contribution in [0.4, 0.5) is 0 Å². The van der Waals surface area contributed by atoms with Gasteiger partial charge in [-0.25, -0.2) is 4.98 Å². The molecule has 3 aromatic heterocycles. The fourth-order valence-corrected chi connectivity index (χ4v) is 11.9. The van der Waals surface area contributed by atoms with Crippen molar-refractivity contribution in [3.05, 3.63) is 176 Å². The van der Waals surface area contributed by atoms with Gasteiger partial charge in [0.15, 0.2) is 0 Å². The number of hydrogen-bond donors (Lipinski definition) is 0. The van der Waals surface area contributed by atoms with Crippen molar-refractivity contribution in [2.45, 2.75) is 0 Å². The lowest BCUT2D eigenvalue weighted by Crippen LogP contribution is -2.24. The van der Waals surface area contributed by atoms with Gasteiger partial charge < -0.3 is 4.42 Å². The van der Waals surface area contributed by atoms with Gasteiger partial charge in [0.05, 0.1) is 16.6 Å². The molecule has 0 fully saturated rings. The molecular weight excluding hydrogens is 672 g/mol. The lowest BCUT2D eigenvalue weighted by atomic mass is 9.99. The third kappa shape index (κ3) is 4.26. The number of furan rings is 1. The van der Waals surface area contributed by atoms with Crippen molar-refractivity contribution in [3.8, 4) is 11.1 Å². The van der Waals surface area contributed by atoms with Crippen LogP contribution in [0.15, 0.2) is 180 Å². The van der Waals surface area contributed by atoms with Crippen LogP contribution in [-0.4, -0.2) is 9.38 Å². The van der Waals surface area contributed by atoms with Crippen LogP contribution in [0.5, 0.6) is 0 Å². The Labute approximate surface area is 304 Å². The Bertz CT molecular complexity index is 3230. The van der Waals surface area contributed by atoms with Crippen molar-refractivity contribution in [1.29, 1.82) is 0 Å². The van der Waals surface area contributed by atoms with Crippen molar-refractivity contribution in [2.24, 2.45) is 0 Å². The first-order chi connectivity index (χ1) is 25.6. The van der Waals surface area contributed by atoms with Crippen LogP contribution < -0.4 is 15.9 Å². The summed E-state index contributed by atoms with van der Waals surface area (Å²) in [5.41, 5.74) is 8.10. The average Bonchev–Trinajstić information content (AvgIpc) is 3.79. The van der Waals surface area contributed by atoms with E-state index in [4.69, 9.17) is 21.2 Å². The zero-order valence-corrected chi connectivity index (χ0v) is 29.6. The molecule has 0 unspecified atom stereocenters. The Morgan fingerprint density at radius 3 is 1.92 bits per heavy atom. The Morgan fingerprint density at radius 2 is 1.12 bits per heavy atom. The SMILES string of the molecule is S=P(c1ccccc1)(c1ccccc1)c1ccc2c(c1)c1ccc3ccccc3c1c1nc3ccc(-c4ccc5c(c4)oc4ccccc45)cc3n21. The first-order valence-electron chi connectivity index (χ1n) is 17.5.